The highest BCUT2D eigenvalue weighted by atomic mass is 79.9. The fourth-order valence-corrected chi connectivity index (χ4v) is 6.11. The maximum Gasteiger partial charge on any atom is 0.410 e. The number of nitrogens with two attached hydrogens (primary N) is 1. The van der Waals surface area contributed by atoms with Crippen LogP contribution in [0.15, 0.2) is 69.2 Å². The first-order chi connectivity index (χ1) is 15.9. The lowest BCUT2D eigenvalue weighted by Gasteiger charge is -2.44. The quantitative estimate of drug-likeness (QED) is 0.632. The number of hydrogen-bond donors (Lipinski definition) is 1. The Balaban J connectivity index is 1.71. The predicted octanol–water partition coefficient (Wildman–Crippen LogP) is 4.57. The Morgan fingerprint density at radius 3 is 2.61 bits per heavy atom. The van der Waals surface area contributed by atoms with Gasteiger partial charge in [-0.3, -0.25) is 0 Å². The number of carbonyl (C=O) groups is 1. The van der Waals surface area contributed by atoms with Gasteiger partial charge in [0.2, 0.25) is 0 Å². The molecule has 1 aliphatic carbocycles. The van der Waals surface area contributed by atoms with E-state index in [0.29, 0.717) is 5.57 Å². The second kappa shape index (κ2) is 9.11. The number of amides is 1. The van der Waals surface area contributed by atoms with Gasteiger partial charge in [0.25, 0.3) is 0 Å². The van der Waals surface area contributed by atoms with Crippen LogP contribution in [0.5, 0.6) is 0 Å². The van der Waals surface area contributed by atoms with Crippen LogP contribution in [0.1, 0.15) is 16.4 Å². The molecule has 2 heterocycles. The van der Waals surface area contributed by atoms with E-state index < -0.39 is 23.3 Å². The number of allylic oxidation sites excluding steroid dienone is 2. The van der Waals surface area contributed by atoms with Crippen molar-refractivity contribution in [3.63, 3.8) is 0 Å². The molecule has 2 N–H and O–H groups in total. The highest BCUT2D eigenvalue weighted by molar-refractivity contribution is 9.10. The van der Waals surface area contributed by atoms with E-state index in [0.717, 1.165) is 14.9 Å². The van der Waals surface area contributed by atoms with E-state index in [-0.39, 0.29) is 31.0 Å². The second-order valence-electron chi connectivity index (χ2n) is 7.79. The van der Waals surface area contributed by atoms with Crippen molar-refractivity contribution in [3.8, 4) is 18.2 Å². The molecule has 1 aromatic carbocycles. The van der Waals surface area contributed by atoms with Gasteiger partial charge in [-0.2, -0.15) is 15.8 Å². The van der Waals surface area contributed by atoms with Gasteiger partial charge < -0.3 is 15.4 Å². The molecule has 0 bridgehead atoms. The van der Waals surface area contributed by atoms with Gasteiger partial charge in [-0.05, 0) is 33.1 Å². The fourth-order valence-electron chi connectivity index (χ4n) is 4.44. The van der Waals surface area contributed by atoms with Gasteiger partial charge in [-0.1, -0.05) is 36.4 Å². The number of nitrogens with zero attached hydrogens (tertiary/aromatic N) is 4. The van der Waals surface area contributed by atoms with Crippen molar-refractivity contribution in [2.45, 2.75) is 12.5 Å². The molecule has 1 amide bonds. The summed E-state index contributed by atoms with van der Waals surface area (Å²) in [6, 6.07) is 17.5. The van der Waals surface area contributed by atoms with Crippen LogP contribution in [0.4, 0.5) is 4.79 Å². The van der Waals surface area contributed by atoms with Gasteiger partial charge >= 0.3 is 6.09 Å². The third-order valence-electron chi connectivity index (χ3n) is 6.02. The summed E-state index contributed by atoms with van der Waals surface area (Å²) in [5.74, 6) is -1.10. The van der Waals surface area contributed by atoms with Crippen molar-refractivity contribution < 1.29 is 9.53 Å². The van der Waals surface area contributed by atoms with Crippen LogP contribution in [0.3, 0.4) is 0 Å². The Bertz CT molecular complexity index is 1260. The maximum atomic E-state index is 12.8. The zero-order chi connectivity index (χ0) is 23.6. The summed E-state index contributed by atoms with van der Waals surface area (Å²) < 4.78 is 6.31. The van der Waals surface area contributed by atoms with E-state index in [9.17, 15) is 20.6 Å². The van der Waals surface area contributed by atoms with E-state index in [1.165, 1.54) is 16.2 Å². The van der Waals surface area contributed by atoms with Gasteiger partial charge in [-0.25, -0.2) is 4.79 Å². The van der Waals surface area contributed by atoms with Crippen LogP contribution < -0.4 is 5.73 Å². The number of benzene rings is 1. The van der Waals surface area contributed by atoms with Crippen molar-refractivity contribution in [1.29, 1.82) is 15.8 Å². The van der Waals surface area contributed by atoms with Crippen molar-refractivity contribution in [3.05, 3.63) is 79.6 Å². The number of fused-ring (bicyclic) bond motifs is 1. The summed E-state index contributed by atoms with van der Waals surface area (Å²) in [6.07, 6.45) is 1.28. The van der Waals surface area contributed by atoms with Crippen LogP contribution >= 0.6 is 27.3 Å². The number of halogens is 1. The molecule has 0 fully saturated rings. The average Bonchev–Trinajstić information content (AvgIpc) is 3.27. The molecule has 2 aromatic rings. The molecular weight excluding hydrogens is 502 g/mol. The molecule has 2 aliphatic rings. The molecule has 2 atom stereocenters. The molecule has 0 saturated carbocycles. The highest BCUT2D eigenvalue weighted by Crippen LogP contribution is 2.55. The van der Waals surface area contributed by atoms with Gasteiger partial charge in [0.15, 0.2) is 5.41 Å². The monoisotopic (exact) mass is 519 g/mol. The summed E-state index contributed by atoms with van der Waals surface area (Å²) in [5.41, 5.74) is 6.21. The number of carbonyl (C=O) groups excluding carboxylic acids is 1. The topological polar surface area (TPSA) is 127 Å². The van der Waals surface area contributed by atoms with Crippen LogP contribution in [-0.4, -0.2) is 24.1 Å². The molecule has 33 heavy (non-hydrogen) atoms. The summed E-state index contributed by atoms with van der Waals surface area (Å²) in [7, 11) is 0. The minimum Gasteiger partial charge on any atom is -0.445 e. The van der Waals surface area contributed by atoms with E-state index in [2.05, 4.69) is 34.1 Å². The second-order valence-corrected chi connectivity index (χ2v) is 9.65. The van der Waals surface area contributed by atoms with Crippen molar-refractivity contribution in [2.75, 3.05) is 13.1 Å². The Hall–Kier alpha value is -3.58. The normalized spacial score (nSPS) is 21.2. The first-order valence-electron chi connectivity index (χ1n) is 10.1. The molecule has 164 valence electrons. The van der Waals surface area contributed by atoms with Crippen LogP contribution in [0.25, 0.3) is 0 Å². The third-order valence-corrected chi connectivity index (χ3v) is 7.80. The van der Waals surface area contributed by atoms with E-state index in [1.54, 1.807) is 6.08 Å². The Kier molecular flexibility index (Phi) is 6.24. The molecule has 0 unspecified atom stereocenters. The lowest BCUT2D eigenvalue weighted by atomic mass is 9.59. The lowest BCUT2D eigenvalue weighted by Crippen LogP contribution is -2.49. The van der Waals surface area contributed by atoms with E-state index in [1.807, 2.05) is 41.8 Å². The summed E-state index contributed by atoms with van der Waals surface area (Å²) in [5, 5.41) is 31.9. The highest BCUT2D eigenvalue weighted by Gasteiger charge is 2.55. The summed E-state index contributed by atoms with van der Waals surface area (Å²) in [6.45, 7) is 0.573. The van der Waals surface area contributed by atoms with Crippen LogP contribution in [0.2, 0.25) is 0 Å². The van der Waals surface area contributed by atoms with Crippen molar-refractivity contribution >= 4 is 33.4 Å². The standard InChI is InChI=1S/C24H18BrN5O2S/c25-16-8-20(33-12-16)21-19-10-30(23(31)32-11-15-4-2-1-3-5-15)7-6-17(19)18(9-26)22(29)24(21,13-27)14-28/h1-6,8,12,19,21H,7,10-11,29H2/t19-,21-/m1/s1. The van der Waals surface area contributed by atoms with Crippen molar-refractivity contribution in [2.24, 2.45) is 17.1 Å². The molecule has 0 saturated heterocycles. The molecule has 7 nitrogen and oxygen atoms in total. The number of nitriles is 3. The molecule has 4 rings (SSSR count). The lowest BCUT2D eigenvalue weighted by molar-refractivity contribution is 0.0900. The zero-order valence-electron chi connectivity index (χ0n) is 17.4. The number of rotatable bonds is 3. The molecule has 1 aliphatic heterocycles. The first kappa shape index (κ1) is 22.6. The van der Waals surface area contributed by atoms with Crippen molar-refractivity contribution in [1.82, 2.24) is 4.90 Å². The Morgan fingerprint density at radius 1 is 1.27 bits per heavy atom. The minimum atomic E-state index is -1.73. The number of hydrogen-bond acceptors (Lipinski definition) is 7. The van der Waals surface area contributed by atoms with Crippen LogP contribution in [-0.2, 0) is 11.3 Å². The summed E-state index contributed by atoms with van der Waals surface area (Å²) in [4.78, 5) is 15.2. The number of thiophene rings is 1. The zero-order valence-corrected chi connectivity index (χ0v) is 19.8. The Morgan fingerprint density at radius 2 is 2.00 bits per heavy atom. The molecular formula is C24H18BrN5O2S. The predicted molar refractivity (Wildman–Crippen MR) is 125 cm³/mol. The fraction of sp³-hybridized carbons (Fsp3) is 0.250. The molecule has 9 heteroatoms. The molecule has 0 radical (unpaired) electrons. The van der Waals surface area contributed by atoms with Gasteiger partial charge in [-0.15, -0.1) is 11.3 Å². The van der Waals surface area contributed by atoms with Crippen LogP contribution in [0, 0.1) is 45.3 Å². The SMILES string of the molecule is N#CC1=C(N)C(C#N)(C#N)[C@@H](c2cc(Br)cs2)[C@@H]2CN(C(=O)OCc3ccccc3)CC=C12. The minimum absolute atomic E-state index is 0.0351. The van der Waals surface area contributed by atoms with E-state index in [4.69, 9.17) is 10.5 Å². The maximum absolute atomic E-state index is 12.8. The summed E-state index contributed by atoms with van der Waals surface area (Å²) >= 11 is 4.84. The number of ether oxygens (including phenoxy) is 1. The van der Waals surface area contributed by atoms with E-state index >= 15 is 0 Å². The third kappa shape index (κ3) is 3.89. The van der Waals surface area contributed by atoms with Gasteiger partial charge in [0.1, 0.15) is 12.7 Å². The largest absolute Gasteiger partial charge is 0.445 e. The smallest absolute Gasteiger partial charge is 0.410 e. The average molecular weight is 520 g/mol. The Labute approximate surface area is 203 Å². The van der Waals surface area contributed by atoms with Gasteiger partial charge in [0.05, 0.1) is 23.4 Å². The molecule has 1 aromatic heterocycles. The van der Waals surface area contributed by atoms with Gasteiger partial charge in [0, 0.05) is 39.7 Å². The first-order valence-corrected chi connectivity index (χ1v) is 11.7. The molecule has 0 spiro atoms.